The van der Waals surface area contributed by atoms with Gasteiger partial charge in [0.15, 0.2) is 0 Å². The summed E-state index contributed by atoms with van der Waals surface area (Å²) in [5.41, 5.74) is 6.93. The van der Waals surface area contributed by atoms with Gasteiger partial charge in [0.05, 0.1) is 11.0 Å². The Labute approximate surface area is 245 Å². The van der Waals surface area contributed by atoms with Crippen LogP contribution in [0.3, 0.4) is 0 Å². The summed E-state index contributed by atoms with van der Waals surface area (Å²) >= 11 is 0. The van der Waals surface area contributed by atoms with E-state index in [-0.39, 0.29) is 34.6 Å². The molecule has 0 N–H and O–H groups in total. The predicted octanol–water partition coefficient (Wildman–Crippen LogP) is 5.90. The standard InChI is InChI=1S/C12H10O.2C11H11NO.Al/c13-12-9-5-4-8-11(12)10-6-2-1-3-7-10;2*1-7-6-8(2)12-11-9(7)4-3-5-10(11)13;/h1-9,13H;2*3-6,13H,1-2H3;/q;;;+3/p-3. The van der Waals surface area contributed by atoms with E-state index in [9.17, 15) is 15.3 Å². The second-order valence-corrected chi connectivity index (χ2v) is 9.33. The van der Waals surface area contributed by atoms with Gasteiger partial charge in [-0.3, -0.25) is 9.97 Å². The maximum atomic E-state index is 11.4. The zero-order valence-electron chi connectivity index (χ0n) is 23.0. The quantitative estimate of drug-likeness (QED) is 0.242. The molecule has 5 nitrogen and oxygen atoms in total. The Kier molecular flexibility index (Phi) is 10.3. The minimum Gasteiger partial charge on any atom is -0.872 e. The first-order chi connectivity index (χ1) is 18.7. The van der Waals surface area contributed by atoms with Crippen molar-refractivity contribution < 1.29 is 15.3 Å². The summed E-state index contributed by atoms with van der Waals surface area (Å²) in [6.07, 6.45) is 0. The Hall–Kier alpha value is -4.37. The molecule has 4 aromatic carbocycles. The molecule has 6 rings (SSSR count). The third-order valence-electron chi connectivity index (χ3n) is 6.25. The Balaban J connectivity index is 0.000000163. The third kappa shape index (κ3) is 7.18. The molecular formula is C34H29AlN2O3. The van der Waals surface area contributed by atoms with Crippen LogP contribution in [0.25, 0.3) is 32.9 Å². The number of aryl methyl sites for hydroxylation is 4. The van der Waals surface area contributed by atoms with Crippen LogP contribution >= 0.6 is 0 Å². The number of aromatic nitrogens is 2. The largest absolute Gasteiger partial charge is 3.00 e. The summed E-state index contributed by atoms with van der Waals surface area (Å²) in [6, 6.07) is 31.2. The molecule has 196 valence electrons. The summed E-state index contributed by atoms with van der Waals surface area (Å²) in [6.45, 7) is 7.80. The van der Waals surface area contributed by atoms with Gasteiger partial charge in [-0.05, 0) is 62.1 Å². The number of rotatable bonds is 1. The number of pyridine rings is 2. The van der Waals surface area contributed by atoms with E-state index >= 15 is 0 Å². The fraction of sp³-hybridized carbons (Fsp3) is 0.118. The fourth-order valence-corrected chi connectivity index (χ4v) is 4.43. The minimum absolute atomic E-state index is 0. The molecule has 0 saturated heterocycles. The van der Waals surface area contributed by atoms with Crippen molar-refractivity contribution in [2.75, 3.05) is 0 Å². The van der Waals surface area contributed by atoms with Crippen molar-refractivity contribution >= 4 is 39.2 Å². The second kappa shape index (κ2) is 13.6. The molecule has 0 bridgehead atoms. The molecule has 0 aliphatic rings. The molecule has 40 heavy (non-hydrogen) atoms. The predicted molar refractivity (Wildman–Crippen MR) is 158 cm³/mol. The molecule has 0 fully saturated rings. The van der Waals surface area contributed by atoms with E-state index in [2.05, 4.69) is 9.97 Å². The van der Waals surface area contributed by atoms with Crippen molar-refractivity contribution in [3.63, 3.8) is 0 Å². The number of fused-ring (bicyclic) bond motifs is 2. The van der Waals surface area contributed by atoms with E-state index in [0.717, 1.165) is 44.4 Å². The Morgan fingerprint density at radius 2 is 0.900 bits per heavy atom. The molecule has 6 aromatic rings. The molecular weight excluding hydrogens is 511 g/mol. The van der Waals surface area contributed by atoms with E-state index in [4.69, 9.17) is 0 Å². The number of nitrogens with zero attached hydrogens (tertiary/aromatic N) is 2. The van der Waals surface area contributed by atoms with Gasteiger partial charge in [0.2, 0.25) is 0 Å². The molecule has 2 aromatic heterocycles. The van der Waals surface area contributed by atoms with Crippen LogP contribution in [0.5, 0.6) is 17.2 Å². The van der Waals surface area contributed by atoms with Crippen molar-refractivity contribution in [1.82, 2.24) is 9.97 Å². The summed E-state index contributed by atoms with van der Waals surface area (Å²) < 4.78 is 0. The monoisotopic (exact) mass is 540 g/mol. The zero-order valence-corrected chi connectivity index (χ0v) is 24.2. The third-order valence-corrected chi connectivity index (χ3v) is 6.25. The van der Waals surface area contributed by atoms with Crippen molar-refractivity contribution in [3.8, 4) is 28.4 Å². The smallest absolute Gasteiger partial charge is 0.872 e. The van der Waals surface area contributed by atoms with Gasteiger partial charge in [-0.25, -0.2) is 0 Å². The first-order valence-electron chi connectivity index (χ1n) is 12.6. The topological polar surface area (TPSA) is 95.0 Å². The molecule has 0 saturated carbocycles. The van der Waals surface area contributed by atoms with Gasteiger partial charge in [-0.2, -0.15) is 0 Å². The van der Waals surface area contributed by atoms with Crippen molar-refractivity contribution in [2.45, 2.75) is 27.7 Å². The summed E-state index contributed by atoms with van der Waals surface area (Å²) in [5, 5.41) is 36.2. The summed E-state index contributed by atoms with van der Waals surface area (Å²) in [5.74, 6) is 0.0855. The summed E-state index contributed by atoms with van der Waals surface area (Å²) in [4.78, 5) is 8.45. The average Bonchev–Trinajstić information content (AvgIpc) is 2.92. The number of benzene rings is 4. The number of hydrogen-bond acceptors (Lipinski definition) is 5. The van der Waals surface area contributed by atoms with Gasteiger partial charge < -0.3 is 15.3 Å². The second-order valence-electron chi connectivity index (χ2n) is 9.33. The van der Waals surface area contributed by atoms with Crippen LogP contribution in [-0.4, -0.2) is 27.3 Å². The van der Waals surface area contributed by atoms with Crippen LogP contribution in [0.15, 0.2) is 103 Å². The Bertz CT molecular complexity index is 1650. The molecule has 0 spiro atoms. The molecule has 0 aliphatic heterocycles. The molecule has 0 atom stereocenters. The van der Waals surface area contributed by atoms with Crippen LogP contribution in [0.1, 0.15) is 22.5 Å². The average molecular weight is 541 g/mol. The first-order valence-corrected chi connectivity index (χ1v) is 12.6. The summed E-state index contributed by atoms with van der Waals surface area (Å²) in [7, 11) is 0. The molecule has 0 aliphatic carbocycles. The van der Waals surface area contributed by atoms with Crippen LogP contribution in [-0.2, 0) is 0 Å². The van der Waals surface area contributed by atoms with Gasteiger partial charge in [0.25, 0.3) is 0 Å². The number of para-hydroxylation sites is 3. The Morgan fingerprint density at radius 3 is 1.38 bits per heavy atom. The molecule has 2 heterocycles. The normalized spacial score (nSPS) is 10.1. The van der Waals surface area contributed by atoms with E-state index in [1.807, 2.05) is 94.4 Å². The van der Waals surface area contributed by atoms with Crippen LogP contribution < -0.4 is 15.3 Å². The molecule has 0 amide bonds. The van der Waals surface area contributed by atoms with Gasteiger partial charge in [-0.1, -0.05) is 102 Å². The molecule has 0 unspecified atom stereocenters. The maximum absolute atomic E-state index is 11.4. The van der Waals surface area contributed by atoms with Crippen molar-refractivity contribution in [3.05, 3.63) is 126 Å². The van der Waals surface area contributed by atoms with Crippen LogP contribution in [0, 0.1) is 27.7 Å². The van der Waals surface area contributed by atoms with E-state index in [0.29, 0.717) is 11.0 Å². The van der Waals surface area contributed by atoms with Gasteiger partial charge in [-0.15, -0.1) is 5.75 Å². The van der Waals surface area contributed by atoms with E-state index < -0.39 is 0 Å². The van der Waals surface area contributed by atoms with Crippen molar-refractivity contribution in [1.29, 1.82) is 0 Å². The van der Waals surface area contributed by atoms with Gasteiger partial charge >= 0.3 is 17.4 Å². The van der Waals surface area contributed by atoms with E-state index in [1.54, 1.807) is 36.4 Å². The zero-order chi connectivity index (χ0) is 27.9. The minimum atomic E-state index is 0. The SMILES string of the molecule is Cc1cc(C)c2cccc([O-])c2n1.Cc1cc(C)c2cccc([O-])c2n1.[Al+3].[O-]c1ccccc1-c1ccccc1. The molecule has 6 heteroatoms. The van der Waals surface area contributed by atoms with Crippen LogP contribution in [0.4, 0.5) is 0 Å². The first kappa shape index (κ1) is 30.2. The molecule has 0 radical (unpaired) electrons. The van der Waals surface area contributed by atoms with Crippen LogP contribution in [0.2, 0.25) is 0 Å². The maximum Gasteiger partial charge on any atom is 3.00 e. The van der Waals surface area contributed by atoms with Crippen molar-refractivity contribution in [2.24, 2.45) is 0 Å². The van der Waals surface area contributed by atoms with Gasteiger partial charge in [0.1, 0.15) is 0 Å². The van der Waals surface area contributed by atoms with Gasteiger partial charge in [0, 0.05) is 22.2 Å². The fourth-order valence-electron chi connectivity index (χ4n) is 4.43. The number of hydrogen-bond donors (Lipinski definition) is 0. The Morgan fingerprint density at radius 1 is 0.475 bits per heavy atom. The van der Waals surface area contributed by atoms with E-state index in [1.165, 1.54) is 0 Å².